The van der Waals surface area contributed by atoms with E-state index in [0.717, 1.165) is 56.4 Å². The van der Waals surface area contributed by atoms with E-state index in [-0.39, 0.29) is 6.61 Å². The van der Waals surface area contributed by atoms with Gasteiger partial charge in [-0.05, 0) is 13.0 Å². The number of nitrogens with zero attached hydrogens (tertiary/aromatic N) is 5. The summed E-state index contributed by atoms with van der Waals surface area (Å²) >= 11 is 0. The smallest absolute Gasteiger partial charge is 0.180 e. The number of nitrogens with one attached hydrogen (secondary N) is 1. The summed E-state index contributed by atoms with van der Waals surface area (Å²) in [5, 5.41) is 12.2. The van der Waals surface area contributed by atoms with Gasteiger partial charge in [-0.1, -0.05) is 0 Å². The van der Waals surface area contributed by atoms with E-state index < -0.39 is 0 Å². The Balaban J connectivity index is 1.87. The second-order valence-electron chi connectivity index (χ2n) is 5.26. The molecule has 2 N–H and O–H groups in total. The van der Waals surface area contributed by atoms with Crippen LogP contribution in [0.1, 0.15) is 6.42 Å². The Hall–Kier alpha value is -1.86. The van der Waals surface area contributed by atoms with Crippen LogP contribution in [0.2, 0.25) is 0 Å². The minimum atomic E-state index is 0.220. The molecule has 1 saturated heterocycles. The van der Waals surface area contributed by atoms with Crippen molar-refractivity contribution < 1.29 is 5.11 Å². The summed E-state index contributed by atoms with van der Waals surface area (Å²) < 4.78 is 2.00. The summed E-state index contributed by atoms with van der Waals surface area (Å²) in [4.78, 5) is 13.7. The molecule has 3 heterocycles. The molecule has 3 rings (SSSR count). The summed E-state index contributed by atoms with van der Waals surface area (Å²) in [7, 11) is 1.88. The van der Waals surface area contributed by atoms with Gasteiger partial charge in [-0.2, -0.15) is 0 Å². The summed E-state index contributed by atoms with van der Waals surface area (Å²) in [5.74, 6) is 1.77. The standard InChI is InChI=1S/C14H22N6O/c1-15-12-11-20-6-3-16-13(20)14(17-12)19-5-2-4-18(7-8-19)9-10-21/h3,6,11,15,21H,2,4-5,7-10H2,1H3. The third kappa shape index (κ3) is 2.93. The molecule has 0 saturated carbocycles. The molecule has 0 atom stereocenters. The number of aliphatic hydroxyl groups excluding tert-OH is 1. The van der Waals surface area contributed by atoms with Crippen molar-refractivity contribution in [3.63, 3.8) is 0 Å². The second-order valence-corrected chi connectivity index (χ2v) is 5.26. The Labute approximate surface area is 124 Å². The van der Waals surface area contributed by atoms with Gasteiger partial charge in [0.15, 0.2) is 11.5 Å². The largest absolute Gasteiger partial charge is 0.395 e. The lowest BCUT2D eigenvalue weighted by atomic mass is 10.3. The van der Waals surface area contributed by atoms with E-state index >= 15 is 0 Å². The van der Waals surface area contributed by atoms with Crippen LogP contribution in [-0.2, 0) is 0 Å². The molecule has 7 heteroatoms. The van der Waals surface area contributed by atoms with Crippen LogP contribution in [-0.4, -0.2) is 70.8 Å². The molecule has 7 nitrogen and oxygen atoms in total. The zero-order valence-corrected chi connectivity index (χ0v) is 12.4. The maximum absolute atomic E-state index is 9.09. The molecule has 1 fully saturated rings. The van der Waals surface area contributed by atoms with Gasteiger partial charge in [0.2, 0.25) is 0 Å². The molecule has 1 aliphatic heterocycles. The zero-order chi connectivity index (χ0) is 14.7. The van der Waals surface area contributed by atoms with E-state index in [1.807, 2.05) is 23.8 Å². The van der Waals surface area contributed by atoms with E-state index in [4.69, 9.17) is 10.1 Å². The van der Waals surface area contributed by atoms with E-state index in [9.17, 15) is 0 Å². The van der Waals surface area contributed by atoms with Crippen molar-refractivity contribution in [1.29, 1.82) is 0 Å². The van der Waals surface area contributed by atoms with Crippen molar-refractivity contribution >= 4 is 17.3 Å². The van der Waals surface area contributed by atoms with Gasteiger partial charge in [-0.15, -0.1) is 0 Å². The average molecular weight is 290 g/mol. The van der Waals surface area contributed by atoms with Crippen molar-refractivity contribution in [2.24, 2.45) is 0 Å². The maximum Gasteiger partial charge on any atom is 0.180 e. The molecule has 0 unspecified atom stereocenters. The first-order chi connectivity index (χ1) is 10.3. The van der Waals surface area contributed by atoms with E-state index in [2.05, 4.69) is 20.1 Å². The van der Waals surface area contributed by atoms with E-state index in [1.165, 1.54) is 0 Å². The quantitative estimate of drug-likeness (QED) is 0.843. The molecule has 0 spiro atoms. The van der Waals surface area contributed by atoms with Crippen molar-refractivity contribution in [2.75, 3.05) is 56.6 Å². The Kier molecular flexibility index (Phi) is 4.21. The molecule has 0 aromatic carbocycles. The third-order valence-electron chi connectivity index (χ3n) is 3.92. The molecular formula is C14H22N6O. The van der Waals surface area contributed by atoms with Gasteiger partial charge >= 0.3 is 0 Å². The molecule has 2 aromatic rings. The first-order valence-corrected chi connectivity index (χ1v) is 7.41. The first kappa shape index (κ1) is 14.1. The molecule has 21 heavy (non-hydrogen) atoms. The normalized spacial score (nSPS) is 17.1. The van der Waals surface area contributed by atoms with Crippen molar-refractivity contribution in [2.45, 2.75) is 6.42 Å². The van der Waals surface area contributed by atoms with Crippen LogP contribution in [0.4, 0.5) is 11.6 Å². The topological polar surface area (TPSA) is 68.9 Å². The molecule has 0 aliphatic carbocycles. The zero-order valence-electron chi connectivity index (χ0n) is 12.4. The highest BCUT2D eigenvalue weighted by Crippen LogP contribution is 2.21. The molecule has 2 aromatic heterocycles. The number of hydrogen-bond acceptors (Lipinski definition) is 6. The summed E-state index contributed by atoms with van der Waals surface area (Å²) in [6.07, 6.45) is 6.76. The minimum Gasteiger partial charge on any atom is -0.395 e. The van der Waals surface area contributed by atoms with Crippen LogP contribution >= 0.6 is 0 Å². The molecule has 0 amide bonds. The Morgan fingerprint density at radius 1 is 1.29 bits per heavy atom. The summed E-state index contributed by atoms with van der Waals surface area (Å²) in [6, 6.07) is 0. The van der Waals surface area contributed by atoms with Crippen molar-refractivity contribution in [3.8, 4) is 0 Å². The monoisotopic (exact) mass is 290 g/mol. The van der Waals surface area contributed by atoms with Crippen molar-refractivity contribution in [1.82, 2.24) is 19.3 Å². The van der Waals surface area contributed by atoms with Gasteiger partial charge < -0.3 is 19.7 Å². The lowest BCUT2D eigenvalue weighted by Crippen LogP contribution is -2.33. The Morgan fingerprint density at radius 3 is 3.00 bits per heavy atom. The number of hydrogen-bond donors (Lipinski definition) is 2. The van der Waals surface area contributed by atoms with E-state index in [1.54, 1.807) is 6.20 Å². The summed E-state index contributed by atoms with van der Waals surface area (Å²) in [5.41, 5.74) is 0.893. The first-order valence-electron chi connectivity index (χ1n) is 7.41. The molecule has 0 radical (unpaired) electrons. The number of rotatable bonds is 4. The summed E-state index contributed by atoms with van der Waals surface area (Å²) in [6.45, 7) is 4.80. The lowest BCUT2D eigenvalue weighted by Gasteiger charge is -2.23. The number of fused-ring (bicyclic) bond motifs is 1. The number of anilines is 2. The van der Waals surface area contributed by atoms with Gasteiger partial charge in [-0.25, -0.2) is 9.97 Å². The van der Waals surface area contributed by atoms with Crippen LogP contribution in [0.5, 0.6) is 0 Å². The number of β-amino-alcohol motifs (C(OH)–C–C–N with tert-alkyl or cyclic N) is 1. The highest BCUT2D eigenvalue weighted by molar-refractivity contribution is 5.66. The number of aromatic nitrogens is 3. The maximum atomic E-state index is 9.09. The van der Waals surface area contributed by atoms with Gasteiger partial charge in [0, 0.05) is 45.6 Å². The van der Waals surface area contributed by atoms with Gasteiger partial charge in [0.1, 0.15) is 5.82 Å². The number of imidazole rings is 1. The van der Waals surface area contributed by atoms with Crippen LogP contribution in [0.15, 0.2) is 18.6 Å². The van der Waals surface area contributed by atoms with Crippen LogP contribution in [0, 0.1) is 0 Å². The fourth-order valence-electron chi connectivity index (χ4n) is 2.80. The van der Waals surface area contributed by atoms with Crippen LogP contribution < -0.4 is 10.2 Å². The van der Waals surface area contributed by atoms with Crippen molar-refractivity contribution in [3.05, 3.63) is 18.6 Å². The Morgan fingerprint density at radius 2 is 2.19 bits per heavy atom. The second kappa shape index (κ2) is 6.28. The average Bonchev–Trinajstić information content (AvgIpc) is 2.86. The molecule has 1 aliphatic rings. The SMILES string of the molecule is CNc1cn2ccnc2c(N2CCCN(CCO)CC2)n1. The molecule has 0 bridgehead atoms. The fourth-order valence-corrected chi connectivity index (χ4v) is 2.80. The fraction of sp³-hybridized carbons (Fsp3) is 0.571. The predicted molar refractivity (Wildman–Crippen MR) is 82.9 cm³/mol. The molecule has 114 valence electrons. The Bertz CT molecular complexity index is 598. The van der Waals surface area contributed by atoms with Crippen LogP contribution in [0.25, 0.3) is 5.65 Å². The van der Waals surface area contributed by atoms with Gasteiger partial charge in [-0.3, -0.25) is 4.90 Å². The van der Waals surface area contributed by atoms with E-state index in [0.29, 0.717) is 0 Å². The lowest BCUT2D eigenvalue weighted by molar-refractivity contribution is 0.204. The third-order valence-corrected chi connectivity index (χ3v) is 3.92. The molecular weight excluding hydrogens is 268 g/mol. The van der Waals surface area contributed by atoms with Gasteiger partial charge in [0.25, 0.3) is 0 Å². The number of aliphatic hydroxyl groups is 1. The van der Waals surface area contributed by atoms with Gasteiger partial charge in [0.05, 0.1) is 12.8 Å². The predicted octanol–water partition coefficient (Wildman–Crippen LogP) is 0.275. The van der Waals surface area contributed by atoms with Crippen LogP contribution in [0.3, 0.4) is 0 Å². The minimum absolute atomic E-state index is 0.220. The highest BCUT2D eigenvalue weighted by atomic mass is 16.3. The highest BCUT2D eigenvalue weighted by Gasteiger charge is 2.19.